The highest BCUT2D eigenvalue weighted by Gasteiger charge is 2.31. The average molecular weight is 379 g/mol. The van der Waals surface area contributed by atoms with Gasteiger partial charge in [0.05, 0.1) is 27.2 Å². The van der Waals surface area contributed by atoms with Crippen molar-refractivity contribution in [3.63, 3.8) is 0 Å². The number of hydrogen-bond acceptors (Lipinski definition) is 3. The SMILES string of the molecule is Cc1ccc(NS(=O)(=O)c2cccc(C(F)(F)F)c2)c2[nH]cc(C#N)c12. The molecule has 0 aliphatic rings. The highest BCUT2D eigenvalue weighted by Crippen LogP contribution is 2.32. The van der Waals surface area contributed by atoms with Crippen LogP contribution >= 0.6 is 0 Å². The van der Waals surface area contributed by atoms with Gasteiger partial charge in [-0.15, -0.1) is 0 Å². The minimum absolute atomic E-state index is 0.143. The van der Waals surface area contributed by atoms with Gasteiger partial charge in [-0.05, 0) is 36.8 Å². The summed E-state index contributed by atoms with van der Waals surface area (Å²) in [6.45, 7) is 1.77. The van der Waals surface area contributed by atoms with Crippen LogP contribution < -0.4 is 4.72 Å². The van der Waals surface area contributed by atoms with Crippen LogP contribution in [0.1, 0.15) is 16.7 Å². The standard InChI is InChI=1S/C17H12F3N3O2S/c1-10-5-6-14(16-15(10)11(8-21)9-22-16)23-26(24,25)13-4-2-3-12(7-13)17(18,19)20/h2-7,9,22-23H,1H3. The van der Waals surface area contributed by atoms with Crippen molar-refractivity contribution in [2.24, 2.45) is 0 Å². The molecule has 0 spiro atoms. The predicted octanol–water partition coefficient (Wildman–Crippen LogP) is 4.17. The molecule has 9 heteroatoms. The second kappa shape index (κ2) is 6.07. The molecule has 0 aliphatic carbocycles. The molecule has 3 aromatic rings. The zero-order valence-electron chi connectivity index (χ0n) is 13.3. The quantitative estimate of drug-likeness (QED) is 0.716. The summed E-state index contributed by atoms with van der Waals surface area (Å²) in [5, 5.41) is 9.69. The number of benzene rings is 2. The first-order valence-electron chi connectivity index (χ1n) is 7.34. The van der Waals surface area contributed by atoms with Crippen molar-refractivity contribution in [3.05, 3.63) is 59.3 Å². The van der Waals surface area contributed by atoms with Gasteiger partial charge in [-0.2, -0.15) is 18.4 Å². The molecule has 1 aromatic heterocycles. The molecule has 5 nitrogen and oxygen atoms in total. The number of alkyl halides is 3. The van der Waals surface area contributed by atoms with Crippen LogP contribution in [0.15, 0.2) is 47.5 Å². The lowest BCUT2D eigenvalue weighted by atomic mass is 10.1. The van der Waals surface area contributed by atoms with Crippen LogP contribution in [0.4, 0.5) is 18.9 Å². The lowest BCUT2D eigenvalue weighted by Gasteiger charge is -2.12. The van der Waals surface area contributed by atoms with Crippen molar-refractivity contribution in [2.75, 3.05) is 4.72 Å². The van der Waals surface area contributed by atoms with Gasteiger partial charge in [0.15, 0.2) is 0 Å². The van der Waals surface area contributed by atoms with Gasteiger partial charge < -0.3 is 4.98 Å². The number of aromatic nitrogens is 1. The van der Waals surface area contributed by atoms with E-state index in [9.17, 15) is 21.6 Å². The number of aromatic amines is 1. The van der Waals surface area contributed by atoms with Crippen LogP contribution in [-0.4, -0.2) is 13.4 Å². The highest BCUT2D eigenvalue weighted by atomic mass is 32.2. The van der Waals surface area contributed by atoms with Crippen molar-refractivity contribution >= 4 is 26.6 Å². The molecule has 134 valence electrons. The molecule has 0 aliphatic heterocycles. The third-order valence-electron chi connectivity index (χ3n) is 3.88. The number of nitrogens with one attached hydrogen (secondary N) is 2. The molecule has 0 saturated heterocycles. The number of halogens is 3. The van der Waals surface area contributed by atoms with E-state index in [0.29, 0.717) is 22.5 Å². The largest absolute Gasteiger partial charge is 0.416 e. The molecular weight excluding hydrogens is 367 g/mol. The molecule has 0 radical (unpaired) electrons. The van der Waals surface area contributed by atoms with Gasteiger partial charge in [0.2, 0.25) is 0 Å². The summed E-state index contributed by atoms with van der Waals surface area (Å²) in [5.41, 5.74) is 0.583. The molecule has 2 aromatic carbocycles. The number of anilines is 1. The van der Waals surface area contributed by atoms with E-state index in [0.717, 1.165) is 23.8 Å². The van der Waals surface area contributed by atoms with Crippen LogP contribution in [0.5, 0.6) is 0 Å². The predicted molar refractivity (Wildman–Crippen MR) is 90.0 cm³/mol. The normalized spacial score (nSPS) is 12.1. The van der Waals surface area contributed by atoms with Crippen LogP contribution in [0, 0.1) is 18.3 Å². The molecule has 0 atom stereocenters. The Bertz CT molecular complexity index is 1140. The van der Waals surface area contributed by atoms with Gasteiger partial charge in [0.25, 0.3) is 10.0 Å². The summed E-state index contributed by atoms with van der Waals surface area (Å²) < 4.78 is 65.8. The van der Waals surface area contributed by atoms with Gasteiger partial charge in [0, 0.05) is 11.6 Å². The van der Waals surface area contributed by atoms with E-state index in [-0.39, 0.29) is 5.69 Å². The van der Waals surface area contributed by atoms with Crippen molar-refractivity contribution in [1.82, 2.24) is 4.98 Å². The fourth-order valence-corrected chi connectivity index (χ4v) is 3.75. The van der Waals surface area contributed by atoms with Gasteiger partial charge in [-0.1, -0.05) is 12.1 Å². The van der Waals surface area contributed by atoms with Gasteiger partial charge in [-0.3, -0.25) is 4.72 Å². The maximum absolute atomic E-state index is 12.8. The molecule has 0 saturated carbocycles. The Morgan fingerprint density at radius 1 is 1.19 bits per heavy atom. The lowest BCUT2D eigenvalue weighted by Crippen LogP contribution is -2.15. The first-order chi connectivity index (χ1) is 12.1. The Balaban J connectivity index is 2.07. The lowest BCUT2D eigenvalue weighted by molar-refractivity contribution is -0.137. The molecule has 3 rings (SSSR count). The zero-order chi connectivity index (χ0) is 19.1. The first kappa shape index (κ1) is 17.8. The summed E-state index contributed by atoms with van der Waals surface area (Å²) in [5.74, 6) is 0. The number of nitrogens with zero attached hydrogens (tertiary/aromatic N) is 1. The van der Waals surface area contributed by atoms with E-state index in [1.165, 1.54) is 12.3 Å². The van der Waals surface area contributed by atoms with Crippen molar-refractivity contribution in [2.45, 2.75) is 18.0 Å². The third kappa shape index (κ3) is 3.11. The maximum Gasteiger partial charge on any atom is 0.416 e. The molecule has 0 unspecified atom stereocenters. The van der Waals surface area contributed by atoms with E-state index in [1.807, 2.05) is 6.07 Å². The number of nitriles is 1. The number of rotatable bonds is 3. The minimum atomic E-state index is -4.65. The van der Waals surface area contributed by atoms with Gasteiger partial charge in [0.1, 0.15) is 6.07 Å². The number of fused-ring (bicyclic) bond motifs is 1. The van der Waals surface area contributed by atoms with Crippen LogP contribution in [-0.2, 0) is 16.2 Å². The second-order valence-electron chi connectivity index (χ2n) is 5.63. The Morgan fingerprint density at radius 3 is 2.58 bits per heavy atom. The molecule has 0 amide bonds. The summed E-state index contributed by atoms with van der Waals surface area (Å²) >= 11 is 0. The number of H-pyrrole nitrogens is 1. The zero-order valence-corrected chi connectivity index (χ0v) is 14.2. The van der Waals surface area contributed by atoms with Crippen LogP contribution in [0.2, 0.25) is 0 Å². The van der Waals surface area contributed by atoms with E-state index in [1.54, 1.807) is 13.0 Å². The van der Waals surface area contributed by atoms with E-state index < -0.39 is 26.7 Å². The first-order valence-corrected chi connectivity index (χ1v) is 8.82. The molecule has 1 heterocycles. The maximum atomic E-state index is 12.8. The highest BCUT2D eigenvalue weighted by molar-refractivity contribution is 7.92. The molecular formula is C17H12F3N3O2S. The number of sulfonamides is 1. The van der Waals surface area contributed by atoms with Gasteiger partial charge >= 0.3 is 6.18 Å². The Morgan fingerprint density at radius 2 is 1.92 bits per heavy atom. The summed E-state index contributed by atoms with van der Waals surface area (Å²) in [4.78, 5) is 2.32. The van der Waals surface area contributed by atoms with Crippen molar-refractivity contribution in [1.29, 1.82) is 5.26 Å². The van der Waals surface area contributed by atoms with E-state index in [4.69, 9.17) is 5.26 Å². The summed E-state index contributed by atoms with van der Waals surface area (Å²) in [6, 6.07) is 8.60. The van der Waals surface area contributed by atoms with Crippen molar-refractivity contribution < 1.29 is 21.6 Å². The Hall–Kier alpha value is -2.99. The number of hydrogen-bond donors (Lipinski definition) is 2. The summed E-state index contributed by atoms with van der Waals surface area (Å²) in [7, 11) is -4.25. The fourth-order valence-electron chi connectivity index (χ4n) is 2.64. The van der Waals surface area contributed by atoms with Crippen LogP contribution in [0.3, 0.4) is 0 Å². The minimum Gasteiger partial charge on any atom is -0.358 e. The van der Waals surface area contributed by atoms with E-state index in [2.05, 4.69) is 9.71 Å². The summed E-state index contributed by atoms with van der Waals surface area (Å²) in [6.07, 6.45) is -3.20. The molecule has 0 bridgehead atoms. The second-order valence-corrected chi connectivity index (χ2v) is 7.31. The van der Waals surface area contributed by atoms with Crippen LogP contribution in [0.25, 0.3) is 10.9 Å². The molecule has 0 fully saturated rings. The Kier molecular flexibility index (Phi) is 4.16. The Labute approximate surface area is 147 Å². The fraction of sp³-hybridized carbons (Fsp3) is 0.118. The molecule has 2 N–H and O–H groups in total. The van der Waals surface area contributed by atoms with Crippen molar-refractivity contribution in [3.8, 4) is 6.07 Å². The van der Waals surface area contributed by atoms with Gasteiger partial charge in [-0.25, -0.2) is 8.42 Å². The molecule has 26 heavy (non-hydrogen) atoms. The third-order valence-corrected chi connectivity index (χ3v) is 5.24. The average Bonchev–Trinajstić information content (AvgIpc) is 3.02. The smallest absolute Gasteiger partial charge is 0.358 e. The van der Waals surface area contributed by atoms with E-state index >= 15 is 0 Å². The monoisotopic (exact) mass is 379 g/mol. The number of aryl methyl sites for hydroxylation is 1. The topological polar surface area (TPSA) is 85.8 Å².